The number of rotatable bonds is 0. The largest absolute Gasteiger partial charge is 0.295 e. The first-order chi connectivity index (χ1) is 7.86. The van der Waals surface area contributed by atoms with Gasteiger partial charge in [0.05, 0.1) is 0 Å². The molecule has 2 aliphatic carbocycles. The number of ketones is 1. The van der Waals surface area contributed by atoms with Crippen LogP contribution in [0.5, 0.6) is 0 Å². The van der Waals surface area contributed by atoms with Gasteiger partial charge >= 0.3 is 0 Å². The van der Waals surface area contributed by atoms with E-state index in [1.807, 2.05) is 6.07 Å². The summed E-state index contributed by atoms with van der Waals surface area (Å²) >= 11 is 0. The first-order valence-electron chi connectivity index (χ1n) is 5.87. The maximum Gasteiger partial charge on any atom is 0.159 e. The summed E-state index contributed by atoms with van der Waals surface area (Å²) in [5, 5.41) is 0. The van der Waals surface area contributed by atoms with E-state index in [0.717, 1.165) is 31.3 Å². The minimum absolute atomic E-state index is 0.361. The van der Waals surface area contributed by atoms with Crippen LogP contribution in [0.1, 0.15) is 36.8 Å². The number of hydrogen-bond donors (Lipinski definition) is 0. The molecule has 0 heterocycles. The van der Waals surface area contributed by atoms with Gasteiger partial charge in [-0.1, -0.05) is 36.4 Å². The average Bonchev–Trinajstić information content (AvgIpc) is 2.75. The highest BCUT2D eigenvalue weighted by Gasteiger charge is 2.23. The van der Waals surface area contributed by atoms with E-state index in [9.17, 15) is 4.79 Å². The molecule has 0 amide bonds. The third kappa shape index (κ3) is 1.44. The SMILES string of the molecule is O=C1CCCC1=C1CC=Cc2ccccc21. The molecule has 0 unspecified atom stereocenters. The van der Waals surface area contributed by atoms with Crippen molar-refractivity contribution in [2.45, 2.75) is 25.7 Å². The second-order valence-corrected chi connectivity index (χ2v) is 4.43. The highest BCUT2D eigenvalue weighted by molar-refractivity contribution is 6.05. The fraction of sp³-hybridized carbons (Fsp3) is 0.267. The Hall–Kier alpha value is -1.63. The molecule has 0 bridgehead atoms. The maximum atomic E-state index is 11.8. The number of hydrogen-bond acceptors (Lipinski definition) is 1. The molecule has 2 aliphatic rings. The zero-order chi connectivity index (χ0) is 11.0. The normalized spacial score (nSPS) is 23.6. The smallest absolute Gasteiger partial charge is 0.159 e. The molecule has 1 saturated carbocycles. The van der Waals surface area contributed by atoms with Gasteiger partial charge in [0.25, 0.3) is 0 Å². The molecule has 1 aromatic rings. The summed E-state index contributed by atoms with van der Waals surface area (Å²) in [6.07, 6.45) is 7.97. The highest BCUT2D eigenvalue weighted by Crippen LogP contribution is 2.36. The van der Waals surface area contributed by atoms with Crippen LogP contribution in [-0.2, 0) is 4.79 Å². The number of Topliss-reactive ketones (excluding diaryl/α,β-unsaturated/α-hetero) is 1. The van der Waals surface area contributed by atoms with E-state index in [4.69, 9.17) is 0 Å². The average molecular weight is 210 g/mol. The Morgan fingerprint density at radius 2 is 1.88 bits per heavy atom. The van der Waals surface area contributed by atoms with Gasteiger partial charge in [-0.15, -0.1) is 0 Å². The molecule has 1 heteroatoms. The van der Waals surface area contributed by atoms with E-state index in [-0.39, 0.29) is 0 Å². The van der Waals surface area contributed by atoms with Crippen LogP contribution in [0.2, 0.25) is 0 Å². The van der Waals surface area contributed by atoms with Crippen molar-refractivity contribution in [1.82, 2.24) is 0 Å². The van der Waals surface area contributed by atoms with E-state index in [1.54, 1.807) is 0 Å². The third-order valence-electron chi connectivity index (χ3n) is 3.44. The Kier molecular flexibility index (Phi) is 2.24. The van der Waals surface area contributed by atoms with E-state index < -0.39 is 0 Å². The van der Waals surface area contributed by atoms with Gasteiger partial charge < -0.3 is 0 Å². The molecule has 1 fully saturated rings. The van der Waals surface area contributed by atoms with Gasteiger partial charge in [0, 0.05) is 6.42 Å². The molecular formula is C15H14O. The van der Waals surface area contributed by atoms with E-state index in [0.29, 0.717) is 5.78 Å². The Labute approximate surface area is 95.5 Å². The van der Waals surface area contributed by atoms with Crippen LogP contribution in [0.15, 0.2) is 35.9 Å². The molecule has 0 saturated heterocycles. The molecule has 1 aromatic carbocycles. The molecule has 80 valence electrons. The lowest BCUT2D eigenvalue weighted by molar-refractivity contribution is -0.114. The predicted molar refractivity (Wildman–Crippen MR) is 65.9 cm³/mol. The lowest BCUT2D eigenvalue weighted by Crippen LogP contribution is -2.01. The summed E-state index contributed by atoms with van der Waals surface area (Å²) < 4.78 is 0. The van der Waals surface area contributed by atoms with Gasteiger partial charge in [-0.2, -0.15) is 0 Å². The van der Waals surface area contributed by atoms with Crippen LogP contribution >= 0.6 is 0 Å². The highest BCUT2D eigenvalue weighted by atomic mass is 16.1. The maximum absolute atomic E-state index is 11.8. The number of allylic oxidation sites excluding steroid dienone is 3. The summed E-state index contributed by atoms with van der Waals surface area (Å²) in [5.41, 5.74) is 4.85. The van der Waals surface area contributed by atoms with Crippen LogP contribution in [0.25, 0.3) is 11.6 Å². The molecule has 0 atom stereocenters. The number of carbonyl (C=O) groups is 1. The second-order valence-electron chi connectivity index (χ2n) is 4.43. The van der Waals surface area contributed by atoms with E-state index in [1.165, 1.54) is 16.7 Å². The molecule has 0 aromatic heterocycles. The third-order valence-corrected chi connectivity index (χ3v) is 3.44. The van der Waals surface area contributed by atoms with Gasteiger partial charge in [-0.3, -0.25) is 4.79 Å². The quantitative estimate of drug-likeness (QED) is 0.598. The van der Waals surface area contributed by atoms with Crippen LogP contribution in [0, 0.1) is 0 Å². The molecular weight excluding hydrogens is 196 g/mol. The van der Waals surface area contributed by atoms with Crippen molar-refractivity contribution in [2.24, 2.45) is 0 Å². The van der Waals surface area contributed by atoms with Crippen molar-refractivity contribution in [1.29, 1.82) is 0 Å². The first-order valence-corrected chi connectivity index (χ1v) is 5.87. The number of carbonyl (C=O) groups excluding carboxylic acids is 1. The summed E-state index contributed by atoms with van der Waals surface area (Å²) in [6, 6.07) is 8.35. The lowest BCUT2D eigenvalue weighted by Gasteiger charge is -2.16. The van der Waals surface area contributed by atoms with E-state index >= 15 is 0 Å². The fourth-order valence-corrected chi connectivity index (χ4v) is 2.65. The molecule has 0 spiro atoms. The molecule has 0 radical (unpaired) electrons. The monoisotopic (exact) mass is 210 g/mol. The van der Waals surface area contributed by atoms with Crippen molar-refractivity contribution < 1.29 is 4.79 Å². The Balaban J connectivity index is 2.18. The lowest BCUT2D eigenvalue weighted by atomic mass is 9.88. The van der Waals surface area contributed by atoms with E-state index in [2.05, 4.69) is 30.4 Å². The zero-order valence-corrected chi connectivity index (χ0v) is 9.20. The van der Waals surface area contributed by atoms with Gasteiger partial charge in [0.2, 0.25) is 0 Å². The molecule has 16 heavy (non-hydrogen) atoms. The van der Waals surface area contributed by atoms with Crippen molar-refractivity contribution in [3.8, 4) is 0 Å². The Morgan fingerprint density at radius 1 is 1.00 bits per heavy atom. The summed E-state index contributed by atoms with van der Waals surface area (Å²) in [7, 11) is 0. The minimum atomic E-state index is 0.361. The topological polar surface area (TPSA) is 17.1 Å². The minimum Gasteiger partial charge on any atom is -0.295 e. The van der Waals surface area contributed by atoms with Crippen LogP contribution in [-0.4, -0.2) is 5.78 Å². The summed E-state index contributed by atoms with van der Waals surface area (Å²) in [5.74, 6) is 0.361. The van der Waals surface area contributed by atoms with Crippen LogP contribution in [0.3, 0.4) is 0 Å². The summed E-state index contributed by atoms with van der Waals surface area (Å²) in [6.45, 7) is 0. The number of benzene rings is 1. The number of fused-ring (bicyclic) bond motifs is 1. The molecule has 1 nitrogen and oxygen atoms in total. The predicted octanol–water partition coefficient (Wildman–Crippen LogP) is 3.61. The fourth-order valence-electron chi connectivity index (χ4n) is 2.65. The van der Waals surface area contributed by atoms with Crippen molar-refractivity contribution in [3.63, 3.8) is 0 Å². The van der Waals surface area contributed by atoms with Gasteiger partial charge in [-0.25, -0.2) is 0 Å². The Morgan fingerprint density at radius 3 is 2.69 bits per heavy atom. The van der Waals surface area contributed by atoms with Gasteiger partial charge in [0.1, 0.15) is 0 Å². The van der Waals surface area contributed by atoms with Gasteiger partial charge in [0.15, 0.2) is 5.78 Å². The molecule has 3 rings (SSSR count). The van der Waals surface area contributed by atoms with Crippen LogP contribution < -0.4 is 0 Å². The van der Waals surface area contributed by atoms with Crippen molar-refractivity contribution in [3.05, 3.63) is 47.0 Å². The standard InChI is InChI=1S/C15H14O/c16-15-10-4-9-14(15)13-8-3-6-11-5-1-2-7-12(11)13/h1-3,5-7H,4,8-10H2. The van der Waals surface area contributed by atoms with Crippen molar-refractivity contribution in [2.75, 3.05) is 0 Å². The summed E-state index contributed by atoms with van der Waals surface area (Å²) in [4.78, 5) is 11.8. The van der Waals surface area contributed by atoms with Crippen LogP contribution in [0.4, 0.5) is 0 Å². The Bertz CT molecular complexity index is 506. The second kappa shape index (κ2) is 3.75. The van der Waals surface area contributed by atoms with Gasteiger partial charge in [-0.05, 0) is 41.5 Å². The zero-order valence-electron chi connectivity index (χ0n) is 9.20. The molecule has 0 N–H and O–H groups in total. The first kappa shape index (κ1) is 9.59. The molecule has 0 aliphatic heterocycles. The van der Waals surface area contributed by atoms with Crippen molar-refractivity contribution >= 4 is 17.4 Å².